The normalized spacial score (nSPS) is 37.0. The highest BCUT2D eigenvalue weighted by atomic mass is 35.5. The lowest BCUT2D eigenvalue weighted by molar-refractivity contribution is -0.0269. The molecule has 112 valence electrons. The Morgan fingerprint density at radius 3 is 2.35 bits per heavy atom. The van der Waals surface area contributed by atoms with Gasteiger partial charge in [0.1, 0.15) is 5.15 Å². The number of pyridine rings is 1. The maximum absolute atomic E-state index is 5.83. The SMILES string of the molecule is Cl.Cl.Clc1ccc(NC2C3CC4CC2CN(C4)C3)cn1. The van der Waals surface area contributed by atoms with Gasteiger partial charge in [-0.2, -0.15) is 0 Å². The van der Waals surface area contributed by atoms with Crippen LogP contribution in [0.3, 0.4) is 0 Å². The Morgan fingerprint density at radius 2 is 1.80 bits per heavy atom. The molecule has 0 amide bonds. The van der Waals surface area contributed by atoms with Crippen LogP contribution in [0.1, 0.15) is 12.8 Å². The maximum Gasteiger partial charge on any atom is 0.129 e. The molecule has 0 aromatic carbocycles. The molecule has 6 heteroatoms. The number of hydrogen-bond donors (Lipinski definition) is 1. The summed E-state index contributed by atoms with van der Waals surface area (Å²) in [7, 11) is 0. The molecule has 1 saturated carbocycles. The van der Waals surface area contributed by atoms with Crippen LogP contribution in [0.4, 0.5) is 5.69 Å². The van der Waals surface area contributed by atoms with Gasteiger partial charge in [0.2, 0.25) is 0 Å². The van der Waals surface area contributed by atoms with Crippen LogP contribution in [-0.4, -0.2) is 35.6 Å². The molecule has 0 radical (unpaired) electrons. The van der Waals surface area contributed by atoms with Gasteiger partial charge < -0.3 is 10.2 Å². The van der Waals surface area contributed by atoms with Crippen LogP contribution in [0, 0.1) is 17.8 Å². The van der Waals surface area contributed by atoms with Gasteiger partial charge in [0.15, 0.2) is 0 Å². The first-order chi connectivity index (χ1) is 8.78. The van der Waals surface area contributed by atoms with E-state index in [9.17, 15) is 0 Å². The van der Waals surface area contributed by atoms with Crippen molar-refractivity contribution in [2.75, 3.05) is 25.0 Å². The molecule has 20 heavy (non-hydrogen) atoms. The van der Waals surface area contributed by atoms with Crippen molar-refractivity contribution in [2.45, 2.75) is 18.9 Å². The van der Waals surface area contributed by atoms with E-state index in [1.807, 2.05) is 18.3 Å². The minimum atomic E-state index is 0. The fourth-order valence-corrected chi connectivity index (χ4v) is 4.41. The topological polar surface area (TPSA) is 28.2 Å². The molecule has 1 aromatic rings. The molecule has 4 fully saturated rings. The van der Waals surface area contributed by atoms with Crippen LogP contribution < -0.4 is 5.32 Å². The van der Waals surface area contributed by atoms with Gasteiger partial charge >= 0.3 is 0 Å². The summed E-state index contributed by atoms with van der Waals surface area (Å²) >= 11 is 5.83. The summed E-state index contributed by atoms with van der Waals surface area (Å²) in [5.74, 6) is 2.61. The molecule has 1 aliphatic carbocycles. The Balaban J connectivity index is 0.000000735. The number of anilines is 1. The maximum atomic E-state index is 5.83. The number of piperidine rings is 3. The van der Waals surface area contributed by atoms with Gasteiger partial charge in [0.05, 0.1) is 11.9 Å². The molecule has 0 spiro atoms. The zero-order chi connectivity index (χ0) is 12.1. The second kappa shape index (κ2) is 6.27. The third kappa shape index (κ3) is 2.87. The average molecular weight is 337 g/mol. The molecule has 4 heterocycles. The minimum absolute atomic E-state index is 0. The van der Waals surface area contributed by atoms with Gasteiger partial charge in [-0.1, -0.05) is 11.6 Å². The van der Waals surface area contributed by atoms with Crippen molar-refractivity contribution in [3.05, 3.63) is 23.5 Å². The Hall–Kier alpha value is -0.220. The predicted octanol–water partition coefficient (Wildman–Crippen LogP) is 3.33. The van der Waals surface area contributed by atoms with Crippen LogP contribution in [-0.2, 0) is 0 Å². The van der Waals surface area contributed by atoms with Crippen molar-refractivity contribution < 1.29 is 0 Å². The zero-order valence-electron chi connectivity index (χ0n) is 11.2. The van der Waals surface area contributed by atoms with E-state index in [1.165, 1.54) is 32.5 Å². The summed E-state index contributed by atoms with van der Waals surface area (Å²) in [6.45, 7) is 3.92. The third-order valence-corrected chi connectivity index (χ3v) is 5.07. The molecular formula is C14H20Cl3N3. The van der Waals surface area contributed by atoms with E-state index in [-0.39, 0.29) is 24.8 Å². The van der Waals surface area contributed by atoms with E-state index < -0.39 is 0 Å². The Morgan fingerprint density at radius 1 is 1.10 bits per heavy atom. The highest BCUT2D eigenvalue weighted by Gasteiger charge is 2.47. The smallest absolute Gasteiger partial charge is 0.129 e. The molecule has 4 aliphatic rings. The standard InChI is InChI=1S/C14H18ClN3.2ClH/c15-13-2-1-12(5-16-13)17-14-10-3-9-4-11(14)8-18(6-9)7-10;;/h1-2,5,9-11,14,17H,3-4,6-8H2;2*1H. The quantitative estimate of drug-likeness (QED) is 0.840. The summed E-state index contributed by atoms with van der Waals surface area (Å²) in [5.41, 5.74) is 1.12. The lowest BCUT2D eigenvalue weighted by Gasteiger charge is -2.56. The van der Waals surface area contributed by atoms with Crippen molar-refractivity contribution in [1.29, 1.82) is 0 Å². The summed E-state index contributed by atoms with van der Waals surface area (Å²) < 4.78 is 0. The number of aromatic nitrogens is 1. The van der Waals surface area contributed by atoms with Gasteiger partial charge in [0.25, 0.3) is 0 Å². The fourth-order valence-electron chi connectivity index (χ4n) is 4.30. The van der Waals surface area contributed by atoms with Crippen molar-refractivity contribution >= 4 is 42.1 Å². The molecule has 5 rings (SSSR count). The predicted molar refractivity (Wildman–Crippen MR) is 87.3 cm³/mol. The molecule has 3 aliphatic heterocycles. The van der Waals surface area contributed by atoms with Gasteiger partial charge in [0, 0.05) is 25.7 Å². The number of hydrogen-bond acceptors (Lipinski definition) is 3. The lowest BCUT2D eigenvalue weighted by atomic mass is 9.65. The molecule has 3 saturated heterocycles. The third-order valence-electron chi connectivity index (χ3n) is 4.85. The van der Waals surface area contributed by atoms with E-state index >= 15 is 0 Å². The molecule has 2 unspecified atom stereocenters. The highest BCUT2D eigenvalue weighted by Crippen LogP contribution is 2.44. The highest BCUT2D eigenvalue weighted by molar-refractivity contribution is 6.29. The Kier molecular flexibility index (Phi) is 5.06. The zero-order valence-corrected chi connectivity index (χ0v) is 13.6. The minimum Gasteiger partial charge on any atom is -0.380 e. The number of halogens is 3. The lowest BCUT2D eigenvalue weighted by Crippen LogP contribution is -2.62. The van der Waals surface area contributed by atoms with Crippen molar-refractivity contribution in [3.8, 4) is 0 Å². The van der Waals surface area contributed by atoms with Crippen LogP contribution in [0.25, 0.3) is 0 Å². The van der Waals surface area contributed by atoms with Gasteiger partial charge in [-0.15, -0.1) is 24.8 Å². The Bertz CT molecular complexity index is 423. The van der Waals surface area contributed by atoms with E-state index in [0.29, 0.717) is 11.2 Å². The van der Waals surface area contributed by atoms with Gasteiger partial charge in [-0.3, -0.25) is 0 Å². The molecule has 1 N–H and O–H groups in total. The first kappa shape index (κ1) is 16.2. The first-order valence-corrected chi connectivity index (χ1v) is 7.26. The largest absolute Gasteiger partial charge is 0.380 e. The van der Waals surface area contributed by atoms with Crippen LogP contribution >= 0.6 is 36.4 Å². The summed E-state index contributed by atoms with van der Waals surface area (Å²) in [6.07, 6.45) is 4.67. The van der Waals surface area contributed by atoms with Crippen LogP contribution in [0.5, 0.6) is 0 Å². The van der Waals surface area contributed by atoms with E-state index in [1.54, 1.807) is 0 Å². The average Bonchev–Trinajstić information content (AvgIpc) is 2.35. The van der Waals surface area contributed by atoms with Gasteiger partial charge in [-0.25, -0.2) is 4.98 Å². The molecule has 4 bridgehead atoms. The van der Waals surface area contributed by atoms with Crippen molar-refractivity contribution in [3.63, 3.8) is 0 Å². The van der Waals surface area contributed by atoms with Crippen LogP contribution in [0.15, 0.2) is 18.3 Å². The second-order valence-corrected chi connectivity index (χ2v) is 6.50. The molecule has 2 atom stereocenters. The van der Waals surface area contributed by atoms with Crippen LogP contribution in [0.2, 0.25) is 5.15 Å². The van der Waals surface area contributed by atoms with Crippen molar-refractivity contribution in [1.82, 2.24) is 9.88 Å². The number of nitrogens with zero attached hydrogens (tertiary/aromatic N) is 2. The fraction of sp³-hybridized carbons (Fsp3) is 0.643. The first-order valence-electron chi connectivity index (χ1n) is 6.88. The number of rotatable bonds is 2. The van der Waals surface area contributed by atoms with Gasteiger partial charge in [-0.05, 0) is 42.7 Å². The molecule has 3 nitrogen and oxygen atoms in total. The van der Waals surface area contributed by atoms with E-state index in [0.717, 1.165) is 23.4 Å². The monoisotopic (exact) mass is 335 g/mol. The number of nitrogens with one attached hydrogen (secondary N) is 1. The summed E-state index contributed by atoms with van der Waals surface area (Å²) in [6, 6.07) is 4.55. The van der Waals surface area contributed by atoms with E-state index in [4.69, 9.17) is 11.6 Å². The van der Waals surface area contributed by atoms with Crippen molar-refractivity contribution in [2.24, 2.45) is 17.8 Å². The molecular weight excluding hydrogens is 317 g/mol. The van der Waals surface area contributed by atoms with E-state index in [2.05, 4.69) is 15.2 Å². The molecule has 1 aromatic heterocycles. The second-order valence-electron chi connectivity index (χ2n) is 6.12. The summed E-state index contributed by atoms with van der Waals surface area (Å²) in [5, 5.41) is 4.27. The summed E-state index contributed by atoms with van der Waals surface area (Å²) in [4.78, 5) is 6.81. The Labute approximate surface area is 137 Å².